The van der Waals surface area contributed by atoms with E-state index in [2.05, 4.69) is 15.1 Å². The molecular weight excluding hydrogens is 226 g/mol. The van der Waals surface area contributed by atoms with Gasteiger partial charge in [-0.05, 0) is 37.3 Å². The maximum absolute atomic E-state index is 5.73. The van der Waals surface area contributed by atoms with Crippen LogP contribution in [0.4, 0.5) is 0 Å². The molecule has 2 aromatic rings. The summed E-state index contributed by atoms with van der Waals surface area (Å²) in [7, 11) is 1.90. The highest BCUT2D eigenvalue weighted by molar-refractivity contribution is 5.52. The van der Waals surface area contributed by atoms with Crippen LogP contribution in [0.2, 0.25) is 0 Å². The Morgan fingerprint density at radius 2 is 2.33 bits per heavy atom. The molecule has 0 radical (unpaired) electrons. The molecule has 1 aliphatic rings. The standard InChI is InChI=1S/C13H17N5/c1-18-8-11(7-16-18)13-15-6-10-4-9(5-14)2-3-12(10)17-13/h6-9H,2-5,14H2,1H3. The summed E-state index contributed by atoms with van der Waals surface area (Å²) in [5, 5.41) is 4.15. The number of aryl methyl sites for hydroxylation is 2. The molecule has 5 heteroatoms. The van der Waals surface area contributed by atoms with Crippen molar-refractivity contribution in [1.82, 2.24) is 19.7 Å². The van der Waals surface area contributed by atoms with Gasteiger partial charge in [-0.1, -0.05) is 0 Å². The fourth-order valence-electron chi connectivity index (χ4n) is 2.46. The van der Waals surface area contributed by atoms with Crippen LogP contribution >= 0.6 is 0 Å². The molecule has 2 heterocycles. The Kier molecular flexibility index (Phi) is 2.83. The summed E-state index contributed by atoms with van der Waals surface area (Å²) in [5.41, 5.74) is 9.13. The lowest BCUT2D eigenvalue weighted by Gasteiger charge is -2.22. The van der Waals surface area contributed by atoms with Gasteiger partial charge in [0.25, 0.3) is 0 Å². The highest BCUT2D eigenvalue weighted by Gasteiger charge is 2.19. The molecule has 0 bridgehead atoms. The van der Waals surface area contributed by atoms with Crippen molar-refractivity contribution in [2.45, 2.75) is 19.3 Å². The second kappa shape index (κ2) is 4.49. The molecule has 0 amide bonds. The second-order valence-corrected chi connectivity index (χ2v) is 4.91. The van der Waals surface area contributed by atoms with Crippen molar-refractivity contribution in [3.05, 3.63) is 29.8 Å². The van der Waals surface area contributed by atoms with Crippen LogP contribution in [-0.4, -0.2) is 26.3 Å². The molecule has 1 atom stereocenters. The van der Waals surface area contributed by atoms with Gasteiger partial charge in [-0.3, -0.25) is 4.68 Å². The number of aromatic nitrogens is 4. The number of nitrogens with two attached hydrogens (primary N) is 1. The highest BCUT2D eigenvalue weighted by Crippen LogP contribution is 2.25. The van der Waals surface area contributed by atoms with Crippen molar-refractivity contribution in [3.63, 3.8) is 0 Å². The normalized spacial score (nSPS) is 18.7. The van der Waals surface area contributed by atoms with Crippen molar-refractivity contribution in [1.29, 1.82) is 0 Å². The zero-order valence-corrected chi connectivity index (χ0v) is 10.5. The third-order valence-corrected chi connectivity index (χ3v) is 3.55. The molecule has 0 spiro atoms. The molecule has 0 fully saturated rings. The Hall–Kier alpha value is -1.75. The minimum absolute atomic E-state index is 0.588. The Morgan fingerprint density at radius 1 is 1.44 bits per heavy atom. The van der Waals surface area contributed by atoms with E-state index in [1.54, 1.807) is 10.9 Å². The molecule has 2 aromatic heterocycles. The summed E-state index contributed by atoms with van der Waals surface area (Å²) in [6.45, 7) is 0.754. The number of hydrogen-bond acceptors (Lipinski definition) is 4. The first-order chi connectivity index (χ1) is 8.76. The molecule has 1 unspecified atom stereocenters. The molecule has 5 nitrogen and oxygen atoms in total. The van der Waals surface area contributed by atoms with Crippen molar-refractivity contribution in [2.75, 3.05) is 6.54 Å². The van der Waals surface area contributed by atoms with E-state index in [-0.39, 0.29) is 0 Å². The fraction of sp³-hybridized carbons (Fsp3) is 0.462. The van der Waals surface area contributed by atoms with Crippen LogP contribution in [0.25, 0.3) is 11.4 Å². The van der Waals surface area contributed by atoms with Gasteiger partial charge in [0, 0.05) is 25.1 Å². The van der Waals surface area contributed by atoms with E-state index in [4.69, 9.17) is 5.73 Å². The van der Waals surface area contributed by atoms with Crippen molar-refractivity contribution in [2.24, 2.45) is 18.7 Å². The summed E-state index contributed by atoms with van der Waals surface area (Å²) >= 11 is 0. The average molecular weight is 243 g/mol. The average Bonchev–Trinajstić information content (AvgIpc) is 2.84. The first-order valence-corrected chi connectivity index (χ1v) is 6.30. The smallest absolute Gasteiger partial charge is 0.162 e. The van der Waals surface area contributed by atoms with E-state index >= 15 is 0 Å². The number of nitrogens with zero attached hydrogens (tertiary/aromatic N) is 4. The minimum Gasteiger partial charge on any atom is -0.330 e. The van der Waals surface area contributed by atoms with Crippen molar-refractivity contribution >= 4 is 0 Å². The summed E-state index contributed by atoms with van der Waals surface area (Å²) < 4.78 is 1.77. The number of rotatable bonds is 2. The van der Waals surface area contributed by atoms with E-state index in [1.165, 1.54) is 11.3 Å². The maximum Gasteiger partial charge on any atom is 0.162 e. The zero-order valence-electron chi connectivity index (χ0n) is 10.5. The SMILES string of the molecule is Cn1cc(-c2ncc3c(n2)CCC(CN)C3)cn1. The molecular formula is C13H17N5. The van der Waals surface area contributed by atoms with Crippen LogP contribution in [0.5, 0.6) is 0 Å². The Morgan fingerprint density at radius 3 is 3.06 bits per heavy atom. The fourth-order valence-corrected chi connectivity index (χ4v) is 2.46. The molecule has 18 heavy (non-hydrogen) atoms. The van der Waals surface area contributed by atoms with Crippen LogP contribution in [-0.2, 0) is 19.9 Å². The lowest BCUT2D eigenvalue weighted by atomic mass is 9.87. The van der Waals surface area contributed by atoms with E-state index in [0.29, 0.717) is 5.92 Å². The van der Waals surface area contributed by atoms with Gasteiger partial charge in [0.1, 0.15) is 0 Å². The first-order valence-electron chi connectivity index (χ1n) is 6.30. The summed E-state index contributed by atoms with van der Waals surface area (Å²) in [6, 6.07) is 0. The van der Waals surface area contributed by atoms with Crippen LogP contribution in [0.15, 0.2) is 18.6 Å². The third-order valence-electron chi connectivity index (χ3n) is 3.55. The maximum atomic E-state index is 5.73. The zero-order chi connectivity index (χ0) is 12.5. The topological polar surface area (TPSA) is 69.6 Å². The molecule has 0 saturated heterocycles. The monoisotopic (exact) mass is 243 g/mol. The van der Waals surface area contributed by atoms with Gasteiger partial charge < -0.3 is 5.73 Å². The third kappa shape index (κ3) is 2.01. The number of fused-ring (bicyclic) bond motifs is 1. The van der Waals surface area contributed by atoms with Gasteiger partial charge in [0.05, 0.1) is 11.8 Å². The largest absolute Gasteiger partial charge is 0.330 e. The van der Waals surface area contributed by atoms with Gasteiger partial charge >= 0.3 is 0 Å². The van der Waals surface area contributed by atoms with Crippen molar-refractivity contribution < 1.29 is 0 Å². The lowest BCUT2D eigenvalue weighted by Crippen LogP contribution is -2.23. The predicted octanol–water partition coefficient (Wildman–Crippen LogP) is 0.941. The van der Waals surface area contributed by atoms with E-state index in [0.717, 1.165) is 37.2 Å². The van der Waals surface area contributed by atoms with E-state index in [1.807, 2.05) is 19.4 Å². The van der Waals surface area contributed by atoms with E-state index < -0.39 is 0 Å². The number of hydrogen-bond donors (Lipinski definition) is 1. The van der Waals surface area contributed by atoms with Crippen molar-refractivity contribution in [3.8, 4) is 11.4 Å². The molecule has 0 aromatic carbocycles. The molecule has 2 N–H and O–H groups in total. The Bertz CT molecular complexity index is 560. The molecule has 1 aliphatic carbocycles. The second-order valence-electron chi connectivity index (χ2n) is 4.91. The van der Waals surface area contributed by atoms with E-state index in [9.17, 15) is 0 Å². The quantitative estimate of drug-likeness (QED) is 0.852. The van der Waals surface area contributed by atoms with Crippen LogP contribution in [0, 0.1) is 5.92 Å². The van der Waals surface area contributed by atoms with Crippen LogP contribution < -0.4 is 5.73 Å². The Labute approximate surface area is 106 Å². The summed E-state index contributed by atoms with van der Waals surface area (Å²) in [4.78, 5) is 9.10. The predicted molar refractivity (Wildman–Crippen MR) is 68.8 cm³/mol. The van der Waals surface area contributed by atoms with Gasteiger partial charge in [0.2, 0.25) is 0 Å². The Balaban J connectivity index is 1.92. The van der Waals surface area contributed by atoms with Gasteiger partial charge in [0.15, 0.2) is 5.82 Å². The molecule has 0 aliphatic heterocycles. The molecule has 0 saturated carbocycles. The van der Waals surface area contributed by atoms with Crippen LogP contribution in [0.1, 0.15) is 17.7 Å². The summed E-state index contributed by atoms with van der Waals surface area (Å²) in [5.74, 6) is 1.36. The minimum atomic E-state index is 0.588. The highest BCUT2D eigenvalue weighted by atomic mass is 15.2. The van der Waals surface area contributed by atoms with Gasteiger partial charge in [-0.25, -0.2) is 9.97 Å². The van der Waals surface area contributed by atoms with Gasteiger partial charge in [-0.2, -0.15) is 5.10 Å². The molecule has 94 valence electrons. The summed E-state index contributed by atoms with van der Waals surface area (Å²) in [6.07, 6.45) is 8.84. The molecule has 3 rings (SSSR count). The van der Waals surface area contributed by atoms with Gasteiger partial charge in [-0.15, -0.1) is 0 Å². The lowest BCUT2D eigenvalue weighted by molar-refractivity contribution is 0.462. The first kappa shape index (κ1) is 11.3. The van der Waals surface area contributed by atoms with Crippen LogP contribution in [0.3, 0.4) is 0 Å².